The van der Waals surface area contributed by atoms with E-state index in [1.807, 2.05) is 0 Å². The number of carbonyl (C=O) groups excluding carboxylic acids is 2. The number of ketones is 1. The highest BCUT2D eigenvalue weighted by atomic mass is 35.5. The number of fused-ring (bicyclic) bond motifs is 1. The van der Waals surface area contributed by atoms with Crippen LogP contribution in [0.3, 0.4) is 0 Å². The molecule has 3 rings (SSSR count). The summed E-state index contributed by atoms with van der Waals surface area (Å²) in [5.74, 6) is 0.182. The van der Waals surface area contributed by atoms with Gasteiger partial charge in [-0.1, -0.05) is 23.7 Å². The second-order valence-corrected chi connectivity index (χ2v) is 6.07. The molecule has 25 heavy (non-hydrogen) atoms. The van der Waals surface area contributed by atoms with Gasteiger partial charge in [0.1, 0.15) is 0 Å². The molecule has 1 heterocycles. The van der Waals surface area contributed by atoms with E-state index < -0.39 is 12.1 Å². The maximum atomic E-state index is 12.4. The number of halogens is 1. The Kier molecular flexibility index (Phi) is 5.24. The van der Waals surface area contributed by atoms with Gasteiger partial charge in [0.25, 0.3) is 0 Å². The Morgan fingerprint density at radius 2 is 1.80 bits per heavy atom. The standard InChI is InChI=1S/C19H17ClO5/c1-12(18(21)13-4-2-5-15(20)10-13)25-19(22)14-6-7-16-17(11-14)24-9-3-8-23-16/h2,4-7,10-12H,3,8-9H2,1H3. The molecule has 130 valence electrons. The highest BCUT2D eigenvalue weighted by Gasteiger charge is 2.22. The van der Waals surface area contributed by atoms with E-state index in [4.69, 9.17) is 25.8 Å². The summed E-state index contributed by atoms with van der Waals surface area (Å²) >= 11 is 5.89. The molecule has 0 saturated heterocycles. The van der Waals surface area contributed by atoms with E-state index in [1.165, 1.54) is 6.92 Å². The second kappa shape index (κ2) is 7.57. The van der Waals surface area contributed by atoms with Crippen LogP contribution in [-0.4, -0.2) is 31.1 Å². The predicted octanol–water partition coefficient (Wildman–Crippen LogP) is 3.93. The van der Waals surface area contributed by atoms with Crippen LogP contribution in [0.4, 0.5) is 0 Å². The number of carbonyl (C=O) groups is 2. The number of esters is 1. The van der Waals surface area contributed by atoms with Gasteiger partial charge in [-0.05, 0) is 37.3 Å². The molecule has 6 heteroatoms. The number of benzene rings is 2. The van der Waals surface area contributed by atoms with Crippen LogP contribution < -0.4 is 9.47 Å². The fraction of sp³-hybridized carbons (Fsp3) is 0.263. The van der Waals surface area contributed by atoms with Crippen LogP contribution in [0, 0.1) is 0 Å². The summed E-state index contributed by atoms with van der Waals surface area (Å²) in [6, 6.07) is 11.3. The average molecular weight is 361 g/mol. The predicted molar refractivity (Wildman–Crippen MR) is 92.7 cm³/mol. The Labute approximate surface area is 150 Å². The van der Waals surface area contributed by atoms with E-state index in [0.717, 1.165) is 6.42 Å². The van der Waals surface area contributed by atoms with Crippen molar-refractivity contribution in [2.75, 3.05) is 13.2 Å². The minimum atomic E-state index is -0.929. The van der Waals surface area contributed by atoms with E-state index >= 15 is 0 Å². The Hall–Kier alpha value is -2.53. The largest absolute Gasteiger partial charge is 0.490 e. The van der Waals surface area contributed by atoms with Crippen LogP contribution in [-0.2, 0) is 4.74 Å². The van der Waals surface area contributed by atoms with Crippen LogP contribution in [0.5, 0.6) is 11.5 Å². The van der Waals surface area contributed by atoms with Gasteiger partial charge < -0.3 is 14.2 Å². The van der Waals surface area contributed by atoms with Crippen LogP contribution in [0.15, 0.2) is 42.5 Å². The zero-order chi connectivity index (χ0) is 17.8. The summed E-state index contributed by atoms with van der Waals surface area (Å²) in [4.78, 5) is 24.7. The van der Waals surface area contributed by atoms with Crippen LogP contribution in [0.25, 0.3) is 0 Å². The summed E-state index contributed by atoms with van der Waals surface area (Å²) in [7, 11) is 0. The van der Waals surface area contributed by atoms with E-state index in [0.29, 0.717) is 40.9 Å². The first kappa shape index (κ1) is 17.3. The van der Waals surface area contributed by atoms with Gasteiger partial charge in [-0.3, -0.25) is 4.79 Å². The second-order valence-electron chi connectivity index (χ2n) is 5.63. The number of hydrogen-bond acceptors (Lipinski definition) is 5. The normalized spacial score (nSPS) is 14.3. The van der Waals surface area contributed by atoms with Crippen molar-refractivity contribution >= 4 is 23.4 Å². The van der Waals surface area contributed by atoms with E-state index in [2.05, 4.69) is 0 Å². The van der Waals surface area contributed by atoms with Crippen molar-refractivity contribution in [1.29, 1.82) is 0 Å². The van der Waals surface area contributed by atoms with E-state index in [-0.39, 0.29) is 5.78 Å². The lowest BCUT2D eigenvalue weighted by atomic mass is 10.1. The van der Waals surface area contributed by atoms with Gasteiger partial charge in [-0.25, -0.2) is 4.79 Å². The van der Waals surface area contributed by atoms with Gasteiger partial charge in [-0.2, -0.15) is 0 Å². The van der Waals surface area contributed by atoms with Crippen LogP contribution in [0.2, 0.25) is 5.02 Å². The van der Waals surface area contributed by atoms with Crippen molar-refractivity contribution in [1.82, 2.24) is 0 Å². The maximum absolute atomic E-state index is 12.4. The van der Waals surface area contributed by atoms with E-state index in [1.54, 1.807) is 42.5 Å². The Bertz CT molecular complexity index is 802. The molecule has 1 unspecified atom stereocenters. The molecule has 0 aromatic heterocycles. The van der Waals surface area contributed by atoms with Crippen molar-refractivity contribution in [3.8, 4) is 11.5 Å². The first-order valence-electron chi connectivity index (χ1n) is 7.95. The van der Waals surface area contributed by atoms with Crippen molar-refractivity contribution < 1.29 is 23.8 Å². The Morgan fingerprint density at radius 3 is 2.56 bits per heavy atom. The average Bonchev–Trinajstić information content (AvgIpc) is 2.85. The highest BCUT2D eigenvalue weighted by molar-refractivity contribution is 6.31. The number of rotatable bonds is 4. The molecule has 5 nitrogen and oxygen atoms in total. The minimum Gasteiger partial charge on any atom is -0.490 e. The third-order valence-electron chi connectivity index (χ3n) is 3.75. The molecular weight excluding hydrogens is 344 g/mol. The molecule has 0 fully saturated rings. The lowest BCUT2D eigenvalue weighted by molar-refractivity contribution is 0.0318. The lowest BCUT2D eigenvalue weighted by Crippen LogP contribution is -2.24. The van der Waals surface area contributed by atoms with Crippen molar-refractivity contribution in [3.05, 3.63) is 58.6 Å². The molecule has 2 aromatic carbocycles. The molecule has 0 saturated carbocycles. The minimum absolute atomic E-state index is 0.301. The van der Waals surface area contributed by atoms with Gasteiger partial charge in [-0.15, -0.1) is 0 Å². The molecule has 1 aliphatic heterocycles. The summed E-state index contributed by atoms with van der Waals surface area (Å²) in [5.41, 5.74) is 0.696. The SMILES string of the molecule is CC(OC(=O)c1ccc2c(c1)OCCCO2)C(=O)c1cccc(Cl)c1. The van der Waals surface area contributed by atoms with Crippen LogP contribution in [0.1, 0.15) is 34.1 Å². The van der Waals surface area contributed by atoms with Gasteiger partial charge in [0.2, 0.25) is 5.78 Å². The van der Waals surface area contributed by atoms with Crippen LogP contribution >= 0.6 is 11.6 Å². The Balaban J connectivity index is 1.71. The fourth-order valence-electron chi connectivity index (χ4n) is 2.45. The molecule has 0 aliphatic carbocycles. The topological polar surface area (TPSA) is 61.8 Å². The van der Waals surface area contributed by atoms with Gasteiger partial charge in [0.15, 0.2) is 17.6 Å². The van der Waals surface area contributed by atoms with Crippen molar-refractivity contribution in [2.24, 2.45) is 0 Å². The Morgan fingerprint density at radius 1 is 1.04 bits per heavy atom. The first-order chi connectivity index (χ1) is 12.0. The molecule has 1 aliphatic rings. The smallest absolute Gasteiger partial charge is 0.338 e. The molecular formula is C19H17ClO5. The molecule has 1 atom stereocenters. The zero-order valence-corrected chi connectivity index (χ0v) is 14.4. The molecule has 0 spiro atoms. The lowest BCUT2D eigenvalue weighted by Gasteiger charge is -2.14. The van der Waals surface area contributed by atoms with Gasteiger partial charge in [0.05, 0.1) is 18.8 Å². The molecule has 0 amide bonds. The van der Waals surface area contributed by atoms with E-state index in [9.17, 15) is 9.59 Å². The molecule has 0 bridgehead atoms. The number of Topliss-reactive ketones (excluding diaryl/α,β-unsaturated/α-hetero) is 1. The van der Waals surface area contributed by atoms with Crippen molar-refractivity contribution in [2.45, 2.75) is 19.4 Å². The first-order valence-corrected chi connectivity index (χ1v) is 8.33. The molecule has 0 N–H and O–H groups in total. The number of ether oxygens (including phenoxy) is 3. The third kappa shape index (κ3) is 4.12. The van der Waals surface area contributed by atoms with Crippen molar-refractivity contribution in [3.63, 3.8) is 0 Å². The fourth-order valence-corrected chi connectivity index (χ4v) is 2.64. The summed E-state index contributed by atoms with van der Waals surface area (Å²) in [6.45, 7) is 2.63. The quantitative estimate of drug-likeness (QED) is 0.610. The van der Waals surface area contributed by atoms with Gasteiger partial charge >= 0.3 is 5.97 Å². The summed E-state index contributed by atoms with van der Waals surface area (Å²) in [6.07, 6.45) is -0.151. The number of hydrogen-bond donors (Lipinski definition) is 0. The third-order valence-corrected chi connectivity index (χ3v) is 3.98. The highest BCUT2D eigenvalue weighted by Crippen LogP contribution is 2.30. The zero-order valence-electron chi connectivity index (χ0n) is 13.7. The molecule has 2 aromatic rings. The summed E-state index contributed by atoms with van der Waals surface area (Å²) in [5, 5.41) is 0.451. The monoisotopic (exact) mass is 360 g/mol. The molecule has 0 radical (unpaired) electrons. The maximum Gasteiger partial charge on any atom is 0.338 e. The summed E-state index contributed by atoms with van der Waals surface area (Å²) < 4.78 is 16.4. The van der Waals surface area contributed by atoms with Gasteiger partial charge in [0, 0.05) is 17.0 Å².